The van der Waals surface area contributed by atoms with Crippen LogP contribution in [0.2, 0.25) is 0 Å². The molecule has 0 radical (unpaired) electrons. The number of nitrogens with two attached hydrogens (primary N) is 1. The molecule has 114 valence electrons. The summed E-state index contributed by atoms with van der Waals surface area (Å²) in [7, 11) is 0. The molecular weight excluding hydrogens is 286 g/mol. The minimum absolute atomic E-state index is 0.0506. The summed E-state index contributed by atoms with van der Waals surface area (Å²) in [6.45, 7) is 4.58. The van der Waals surface area contributed by atoms with Gasteiger partial charge in [0.1, 0.15) is 0 Å². The lowest BCUT2D eigenvalue weighted by molar-refractivity contribution is -0.121. The molecule has 5 nitrogen and oxygen atoms in total. The average molecular weight is 307 g/mol. The van der Waals surface area contributed by atoms with Crippen molar-refractivity contribution in [3.63, 3.8) is 0 Å². The normalized spacial score (nSPS) is 11.2. The first-order chi connectivity index (χ1) is 10.1. The van der Waals surface area contributed by atoms with Gasteiger partial charge in [-0.2, -0.15) is 0 Å². The van der Waals surface area contributed by atoms with Gasteiger partial charge in [0.15, 0.2) is 0 Å². The number of carbonyl (C=O) groups excluding carboxylic acids is 2. The molecule has 1 atom stereocenters. The minimum Gasteiger partial charge on any atom is -0.354 e. The lowest BCUT2D eigenvalue weighted by atomic mass is 10.2. The van der Waals surface area contributed by atoms with Gasteiger partial charge in [0, 0.05) is 19.0 Å². The lowest BCUT2D eigenvalue weighted by Crippen LogP contribution is -2.35. The Bertz CT molecular complexity index is 543. The molecule has 1 aromatic heterocycles. The van der Waals surface area contributed by atoms with Crippen molar-refractivity contribution < 1.29 is 9.59 Å². The smallest absolute Gasteiger partial charge is 0.261 e. The summed E-state index contributed by atoms with van der Waals surface area (Å²) >= 11 is 1.31. The molecule has 0 spiro atoms. The highest BCUT2D eigenvalue weighted by Crippen LogP contribution is 2.14. The third kappa shape index (κ3) is 6.43. The first-order valence-electron chi connectivity index (χ1n) is 6.93. The second-order valence-electron chi connectivity index (χ2n) is 4.55. The molecule has 0 saturated heterocycles. The van der Waals surface area contributed by atoms with Crippen LogP contribution < -0.4 is 16.4 Å². The van der Waals surface area contributed by atoms with Crippen molar-refractivity contribution in [2.45, 2.75) is 32.7 Å². The molecule has 21 heavy (non-hydrogen) atoms. The fraction of sp³-hybridized carbons (Fsp3) is 0.467. The van der Waals surface area contributed by atoms with Crippen LogP contribution in [0.25, 0.3) is 0 Å². The number of hydrogen-bond acceptors (Lipinski definition) is 4. The van der Waals surface area contributed by atoms with E-state index >= 15 is 0 Å². The van der Waals surface area contributed by atoms with Crippen LogP contribution in [0.4, 0.5) is 0 Å². The summed E-state index contributed by atoms with van der Waals surface area (Å²) in [5.74, 6) is 5.39. The third-order valence-electron chi connectivity index (χ3n) is 2.80. The van der Waals surface area contributed by atoms with Crippen molar-refractivity contribution in [3.05, 3.63) is 21.9 Å². The largest absolute Gasteiger partial charge is 0.354 e. The van der Waals surface area contributed by atoms with Gasteiger partial charge in [-0.25, -0.2) is 0 Å². The van der Waals surface area contributed by atoms with Gasteiger partial charge >= 0.3 is 0 Å². The van der Waals surface area contributed by atoms with Crippen LogP contribution in [0.1, 0.15) is 41.2 Å². The van der Waals surface area contributed by atoms with E-state index in [4.69, 9.17) is 5.73 Å². The summed E-state index contributed by atoms with van der Waals surface area (Å²) in [6.07, 6.45) is 1.17. The first-order valence-corrected chi connectivity index (χ1v) is 7.74. The van der Waals surface area contributed by atoms with E-state index in [1.165, 1.54) is 11.3 Å². The van der Waals surface area contributed by atoms with Crippen LogP contribution in [-0.2, 0) is 4.79 Å². The van der Waals surface area contributed by atoms with Crippen molar-refractivity contribution in [2.24, 2.45) is 5.73 Å². The van der Waals surface area contributed by atoms with Crippen LogP contribution in [0.3, 0.4) is 0 Å². The Morgan fingerprint density at radius 3 is 2.86 bits per heavy atom. The maximum atomic E-state index is 11.9. The molecule has 0 aliphatic carbocycles. The van der Waals surface area contributed by atoms with Crippen molar-refractivity contribution >= 4 is 23.2 Å². The Morgan fingerprint density at radius 2 is 2.19 bits per heavy atom. The second-order valence-corrected chi connectivity index (χ2v) is 5.64. The fourth-order valence-electron chi connectivity index (χ4n) is 1.49. The van der Waals surface area contributed by atoms with Gasteiger partial charge in [0.05, 0.1) is 16.3 Å². The van der Waals surface area contributed by atoms with Gasteiger partial charge in [-0.3, -0.25) is 9.59 Å². The predicted molar refractivity (Wildman–Crippen MR) is 85.1 cm³/mol. The highest BCUT2D eigenvalue weighted by atomic mass is 32.1. The second kappa shape index (κ2) is 9.16. The van der Waals surface area contributed by atoms with E-state index < -0.39 is 0 Å². The van der Waals surface area contributed by atoms with Crippen LogP contribution in [0, 0.1) is 11.8 Å². The Morgan fingerprint density at radius 1 is 1.43 bits per heavy atom. The molecule has 0 aromatic carbocycles. The van der Waals surface area contributed by atoms with Crippen molar-refractivity contribution in [1.29, 1.82) is 0 Å². The Kier molecular flexibility index (Phi) is 7.51. The molecule has 1 heterocycles. The van der Waals surface area contributed by atoms with E-state index in [0.717, 1.165) is 11.3 Å². The number of rotatable bonds is 6. The topological polar surface area (TPSA) is 84.2 Å². The quantitative estimate of drug-likeness (QED) is 0.688. The summed E-state index contributed by atoms with van der Waals surface area (Å²) < 4.78 is 0. The van der Waals surface area contributed by atoms with Crippen LogP contribution in [0.15, 0.2) is 12.1 Å². The maximum Gasteiger partial charge on any atom is 0.261 e. The number of thiophene rings is 1. The molecule has 2 amide bonds. The Labute approximate surface area is 129 Å². The van der Waals surface area contributed by atoms with Gasteiger partial charge in [-0.05, 0) is 25.5 Å². The number of nitrogens with one attached hydrogen (secondary N) is 2. The van der Waals surface area contributed by atoms with Crippen molar-refractivity contribution in [3.8, 4) is 11.8 Å². The van der Waals surface area contributed by atoms with E-state index in [2.05, 4.69) is 22.5 Å². The number of amides is 2. The maximum absolute atomic E-state index is 11.9. The van der Waals surface area contributed by atoms with E-state index in [1.54, 1.807) is 12.1 Å². The number of carbonyl (C=O) groups is 2. The molecule has 1 unspecified atom stereocenters. The monoisotopic (exact) mass is 307 g/mol. The molecule has 0 aliphatic heterocycles. The van der Waals surface area contributed by atoms with Crippen LogP contribution in [-0.4, -0.2) is 30.9 Å². The van der Waals surface area contributed by atoms with E-state index in [0.29, 0.717) is 18.0 Å². The van der Waals surface area contributed by atoms with Crippen molar-refractivity contribution in [1.82, 2.24) is 10.6 Å². The first kappa shape index (κ1) is 17.2. The zero-order valence-corrected chi connectivity index (χ0v) is 13.2. The predicted octanol–water partition coefficient (Wildman–Crippen LogP) is 1.09. The molecule has 4 N–H and O–H groups in total. The van der Waals surface area contributed by atoms with Gasteiger partial charge in [0.25, 0.3) is 5.91 Å². The fourth-order valence-corrected chi connectivity index (χ4v) is 2.29. The molecule has 0 bridgehead atoms. The molecule has 0 fully saturated rings. The standard InChI is InChI=1S/C15H21N3O2S/c1-3-11(2)18-14(19)8-10-17-15(20)13-7-6-12(21-13)5-4-9-16/h6-7,11H,3,8-10,16H2,1-2H3,(H,17,20)(H,18,19). The highest BCUT2D eigenvalue weighted by Gasteiger charge is 2.10. The zero-order chi connectivity index (χ0) is 15.7. The Hall–Kier alpha value is -1.84. The summed E-state index contributed by atoms with van der Waals surface area (Å²) in [4.78, 5) is 24.8. The minimum atomic E-state index is -0.183. The summed E-state index contributed by atoms with van der Waals surface area (Å²) in [5, 5.41) is 5.58. The van der Waals surface area contributed by atoms with Gasteiger partial charge < -0.3 is 16.4 Å². The lowest BCUT2D eigenvalue weighted by Gasteiger charge is -2.11. The van der Waals surface area contributed by atoms with E-state index in [-0.39, 0.29) is 24.3 Å². The summed E-state index contributed by atoms with van der Waals surface area (Å²) in [6, 6.07) is 3.67. The molecule has 0 saturated carbocycles. The molecule has 6 heteroatoms. The van der Waals surface area contributed by atoms with Gasteiger partial charge in [-0.15, -0.1) is 11.3 Å². The SMILES string of the molecule is CCC(C)NC(=O)CCNC(=O)c1ccc(C#CCN)s1. The van der Waals surface area contributed by atoms with Gasteiger partial charge in [-0.1, -0.05) is 18.8 Å². The number of hydrogen-bond donors (Lipinski definition) is 3. The van der Waals surface area contributed by atoms with Crippen molar-refractivity contribution in [2.75, 3.05) is 13.1 Å². The third-order valence-corrected chi connectivity index (χ3v) is 3.80. The summed E-state index contributed by atoms with van der Waals surface area (Å²) in [5.41, 5.74) is 5.30. The molecule has 1 aromatic rings. The molecule has 0 aliphatic rings. The van der Waals surface area contributed by atoms with Crippen LogP contribution >= 0.6 is 11.3 Å². The molecular formula is C15H21N3O2S. The van der Waals surface area contributed by atoms with Gasteiger partial charge in [0.2, 0.25) is 5.91 Å². The zero-order valence-electron chi connectivity index (χ0n) is 12.4. The van der Waals surface area contributed by atoms with E-state index in [1.807, 2.05) is 13.8 Å². The van der Waals surface area contributed by atoms with E-state index in [9.17, 15) is 9.59 Å². The molecule has 1 rings (SSSR count). The highest BCUT2D eigenvalue weighted by molar-refractivity contribution is 7.14. The average Bonchev–Trinajstić information content (AvgIpc) is 2.93. The van der Waals surface area contributed by atoms with Crippen LogP contribution in [0.5, 0.6) is 0 Å². The Balaban J connectivity index is 2.37.